The standard InChI is InChI=1S/C18H19F4NO6S/c1-2-27-16(24)12-10-17(28-7-8-29-17)6-5-15(12)30(25,26)23-11-3-4-14(19)13(9-11)18(20,21)22/h3-4,9-10,15,23H,2,5-8H2,1H3. The molecule has 1 atom stereocenters. The highest BCUT2D eigenvalue weighted by molar-refractivity contribution is 7.93. The van der Waals surface area contributed by atoms with Crippen molar-refractivity contribution >= 4 is 21.7 Å². The molecule has 1 aliphatic carbocycles. The van der Waals surface area contributed by atoms with Gasteiger partial charge in [0.25, 0.3) is 0 Å². The summed E-state index contributed by atoms with van der Waals surface area (Å²) in [4.78, 5) is 12.4. The number of carbonyl (C=O) groups excluding carboxylic acids is 1. The molecule has 30 heavy (non-hydrogen) atoms. The molecule has 1 heterocycles. The maximum atomic E-state index is 13.5. The Balaban J connectivity index is 1.93. The van der Waals surface area contributed by atoms with Gasteiger partial charge in [0.2, 0.25) is 10.0 Å². The van der Waals surface area contributed by atoms with Crippen LogP contribution < -0.4 is 4.72 Å². The Kier molecular flexibility index (Phi) is 6.12. The quantitative estimate of drug-likeness (QED) is 0.545. The molecule has 0 bridgehead atoms. The molecule has 166 valence electrons. The zero-order valence-corrected chi connectivity index (χ0v) is 16.6. The van der Waals surface area contributed by atoms with Crippen molar-refractivity contribution in [3.63, 3.8) is 0 Å². The fourth-order valence-corrected chi connectivity index (χ4v) is 4.88. The van der Waals surface area contributed by atoms with Gasteiger partial charge in [0.1, 0.15) is 11.1 Å². The topological polar surface area (TPSA) is 90.9 Å². The average Bonchev–Trinajstić information content (AvgIpc) is 3.10. The molecule has 0 aromatic heterocycles. The summed E-state index contributed by atoms with van der Waals surface area (Å²) in [6.07, 6.45) is -3.75. The van der Waals surface area contributed by atoms with E-state index in [4.69, 9.17) is 14.2 Å². The first-order valence-electron chi connectivity index (χ1n) is 9.03. The number of esters is 1. The largest absolute Gasteiger partial charge is 0.463 e. The van der Waals surface area contributed by atoms with Crippen LogP contribution in [0.5, 0.6) is 0 Å². The summed E-state index contributed by atoms with van der Waals surface area (Å²) in [5.74, 6) is -3.68. The second kappa shape index (κ2) is 8.16. The van der Waals surface area contributed by atoms with E-state index in [0.717, 1.165) is 6.07 Å². The van der Waals surface area contributed by atoms with Crippen molar-refractivity contribution in [2.24, 2.45) is 0 Å². The van der Waals surface area contributed by atoms with Gasteiger partial charge in [0, 0.05) is 12.1 Å². The zero-order valence-electron chi connectivity index (χ0n) is 15.8. The van der Waals surface area contributed by atoms with Gasteiger partial charge in [-0.25, -0.2) is 17.6 Å². The summed E-state index contributed by atoms with van der Waals surface area (Å²) >= 11 is 0. The molecule has 1 aromatic carbocycles. The normalized spacial score (nSPS) is 21.4. The van der Waals surface area contributed by atoms with Crippen molar-refractivity contribution in [3.8, 4) is 0 Å². The maximum absolute atomic E-state index is 13.5. The van der Waals surface area contributed by atoms with Gasteiger partial charge in [-0.2, -0.15) is 13.2 Å². The summed E-state index contributed by atoms with van der Waals surface area (Å²) in [6.45, 7) is 2.05. The first-order valence-corrected chi connectivity index (χ1v) is 10.6. The average molecular weight is 453 g/mol. The second-order valence-corrected chi connectivity index (χ2v) is 8.56. The highest BCUT2D eigenvalue weighted by Gasteiger charge is 2.46. The Morgan fingerprint density at radius 2 is 1.97 bits per heavy atom. The van der Waals surface area contributed by atoms with E-state index in [-0.39, 0.29) is 38.2 Å². The highest BCUT2D eigenvalue weighted by atomic mass is 32.2. The summed E-state index contributed by atoms with van der Waals surface area (Å²) in [6, 6.07) is 1.73. The van der Waals surface area contributed by atoms with E-state index < -0.39 is 50.3 Å². The van der Waals surface area contributed by atoms with E-state index in [1.54, 1.807) is 6.92 Å². The van der Waals surface area contributed by atoms with E-state index in [1.165, 1.54) is 6.08 Å². The van der Waals surface area contributed by atoms with Crippen LogP contribution in [0.2, 0.25) is 0 Å². The third-order valence-corrected chi connectivity index (χ3v) is 6.43. The molecular weight excluding hydrogens is 434 g/mol. The molecule has 1 aliphatic heterocycles. The maximum Gasteiger partial charge on any atom is 0.419 e. The van der Waals surface area contributed by atoms with E-state index >= 15 is 0 Å². The summed E-state index contributed by atoms with van der Waals surface area (Å²) in [5.41, 5.74) is -2.34. The van der Waals surface area contributed by atoms with Crippen molar-refractivity contribution in [3.05, 3.63) is 41.2 Å². The molecule has 1 N–H and O–H groups in total. The van der Waals surface area contributed by atoms with Gasteiger partial charge in [0.05, 0.1) is 31.0 Å². The first kappa shape index (κ1) is 22.5. The molecule has 1 spiro atoms. The lowest BCUT2D eigenvalue weighted by atomic mass is 9.94. The van der Waals surface area contributed by atoms with Gasteiger partial charge in [-0.3, -0.25) is 4.72 Å². The number of benzene rings is 1. The molecule has 2 aliphatic rings. The lowest BCUT2D eigenvalue weighted by Gasteiger charge is -2.33. The number of ether oxygens (including phenoxy) is 3. The number of nitrogens with one attached hydrogen (secondary N) is 1. The molecule has 1 saturated heterocycles. The first-order chi connectivity index (χ1) is 14.0. The van der Waals surface area contributed by atoms with Crippen LogP contribution in [0.1, 0.15) is 25.3 Å². The molecule has 0 radical (unpaired) electrons. The van der Waals surface area contributed by atoms with Gasteiger partial charge >= 0.3 is 12.1 Å². The van der Waals surface area contributed by atoms with Gasteiger partial charge in [-0.05, 0) is 37.6 Å². The molecule has 1 aromatic rings. The van der Waals surface area contributed by atoms with Crippen LogP contribution in [0.3, 0.4) is 0 Å². The Morgan fingerprint density at radius 1 is 1.30 bits per heavy atom. The Hall–Kier alpha value is -2.18. The number of alkyl halides is 3. The van der Waals surface area contributed by atoms with E-state index in [1.807, 2.05) is 4.72 Å². The number of rotatable bonds is 5. The minimum absolute atomic E-state index is 0.0159. The third kappa shape index (κ3) is 4.60. The predicted molar refractivity (Wildman–Crippen MR) is 96.3 cm³/mol. The lowest BCUT2D eigenvalue weighted by molar-refractivity contribution is -0.143. The number of anilines is 1. The Labute approximate surface area is 170 Å². The molecule has 7 nitrogen and oxygen atoms in total. The van der Waals surface area contributed by atoms with Crippen molar-refractivity contribution in [2.45, 2.75) is 37.0 Å². The number of carbonyl (C=O) groups is 1. The lowest BCUT2D eigenvalue weighted by Crippen LogP contribution is -2.42. The van der Waals surface area contributed by atoms with Crippen molar-refractivity contribution in [2.75, 3.05) is 24.5 Å². The van der Waals surface area contributed by atoms with Crippen molar-refractivity contribution in [1.82, 2.24) is 0 Å². The molecular formula is C18H19F4NO6S. The van der Waals surface area contributed by atoms with Gasteiger partial charge in [-0.1, -0.05) is 0 Å². The highest BCUT2D eigenvalue weighted by Crippen LogP contribution is 2.38. The SMILES string of the molecule is CCOC(=O)C1=CC2(CCC1S(=O)(=O)Nc1ccc(F)c(C(F)(F)F)c1)OCCO2. The van der Waals surface area contributed by atoms with Crippen LogP contribution in [0.25, 0.3) is 0 Å². The van der Waals surface area contributed by atoms with E-state index in [0.29, 0.717) is 12.1 Å². The number of hydrogen-bond donors (Lipinski definition) is 1. The van der Waals surface area contributed by atoms with Crippen LogP contribution in [0.4, 0.5) is 23.2 Å². The van der Waals surface area contributed by atoms with Crippen LogP contribution >= 0.6 is 0 Å². The Morgan fingerprint density at radius 3 is 2.57 bits per heavy atom. The van der Waals surface area contributed by atoms with Crippen LogP contribution in [-0.4, -0.2) is 45.2 Å². The van der Waals surface area contributed by atoms with E-state index in [9.17, 15) is 30.8 Å². The van der Waals surface area contributed by atoms with Crippen LogP contribution in [-0.2, 0) is 35.2 Å². The second-order valence-electron chi connectivity index (χ2n) is 6.70. The van der Waals surface area contributed by atoms with E-state index in [2.05, 4.69) is 0 Å². The van der Waals surface area contributed by atoms with Gasteiger partial charge in [0.15, 0.2) is 5.79 Å². The van der Waals surface area contributed by atoms with Crippen LogP contribution in [0, 0.1) is 5.82 Å². The number of hydrogen-bond acceptors (Lipinski definition) is 6. The number of sulfonamides is 1. The Bertz CT molecular complexity index is 954. The van der Waals surface area contributed by atoms with Crippen LogP contribution in [0.15, 0.2) is 29.8 Å². The molecule has 0 saturated carbocycles. The molecule has 1 unspecified atom stereocenters. The summed E-state index contributed by atoms with van der Waals surface area (Å²) in [5, 5.41) is -1.42. The molecule has 1 fully saturated rings. The monoisotopic (exact) mass is 453 g/mol. The molecule has 3 rings (SSSR count). The van der Waals surface area contributed by atoms with Crippen molar-refractivity contribution < 1.29 is 45.0 Å². The minimum atomic E-state index is -5.00. The fraction of sp³-hybridized carbons (Fsp3) is 0.500. The molecule has 0 amide bonds. The van der Waals surface area contributed by atoms with Crippen molar-refractivity contribution in [1.29, 1.82) is 0 Å². The third-order valence-electron chi connectivity index (χ3n) is 4.67. The summed E-state index contributed by atoms with van der Waals surface area (Å²) < 4.78 is 96.0. The minimum Gasteiger partial charge on any atom is -0.463 e. The smallest absolute Gasteiger partial charge is 0.419 e. The van der Waals surface area contributed by atoms with Gasteiger partial charge < -0.3 is 14.2 Å². The van der Waals surface area contributed by atoms with Gasteiger partial charge in [-0.15, -0.1) is 0 Å². The fourth-order valence-electron chi connectivity index (χ4n) is 3.36. The number of halogens is 4. The predicted octanol–water partition coefficient (Wildman–Crippen LogP) is 2.98. The molecule has 12 heteroatoms. The zero-order chi connectivity index (χ0) is 22.2. The summed E-state index contributed by atoms with van der Waals surface area (Å²) in [7, 11) is -4.39.